The lowest BCUT2D eigenvalue weighted by atomic mass is 10.1. The van der Waals surface area contributed by atoms with Gasteiger partial charge in [-0.1, -0.05) is 29.0 Å². The number of hydrogen-bond acceptors (Lipinski definition) is 6. The summed E-state index contributed by atoms with van der Waals surface area (Å²) in [6, 6.07) is 10.2. The van der Waals surface area contributed by atoms with Gasteiger partial charge in [-0.2, -0.15) is 0 Å². The molecule has 9 heteroatoms. The lowest BCUT2D eigenvalue weighted by Crippen LogP contribution is -2.21. The summed E-state index contributed by atoms with van der Waals surface area (Å²) in [5.74, 6) is -0.113. The van der Waals surface area contributed by atoms with E-state index in [1.165, 1.54) is 11.3 Å². The van der Waals surface area contributed by atoms with Crippen molar-refractivity contribution in [2.24, 2.45) is 0 Å². The normalized spacial score (nSPS) is 12.9. The van der Waals surface area contributed by atoms with Crippen molar-refractivity contribution in [2.45, 2.75) is 12.7 Å². The predicted molar refractivity (Wildman–Crippen MR) is 101 cm³/mol. The number of hydrogen-bond donors (Lipinski definition) is 0. The van der Waals surface area contributed by atoms with Crippen LogP contribution in [0.4, 0.5) is 8.78 Å². The maximum atomic E-state index is 12.6. The van der Waals surface area contributed by atoms with Crippen molar-refractivity contribution in [3.05, 3.63) is 52.5 Å². The van der Waals surface area contributed by atoms with E-state index in [4.69, 9.17) is 21.1 Å². The van der Waals surface area contributed by atoms with Crippen LogP contribution >= 0.6 is 22.9 Å². The van der Waals surface area contributed by atoms with E-state index < -0.39 is 19.5 Å². The quantitative estimate of drug-likeness (QED) is 0.530. The molecular formula is C19H13ClF2N2O3S. The SMILES string of the molecule is O=C1OCc2cc(-c3nnc(-c4ccc(OC(CF)CF)c(Cl)c4)s3)ccc21. The summed E-state index contributed by atoms with van der Waals surface area (Å²) < 4.78 is 35.5. The fourth-order valence-electron chi connectivity index (χ4n) is 2.74. The molecule has 144 valence electrons. The summed E-state index contributed by atoms with van der Waals surface area (Å²) in [4.78, 5) is 11.6. The molecule has 5 nitrogen and oxygen atoms in total. The fourth-order valence-corrected chi connectivity index (χ4v) is 3.80. The van der Waals surface area contributed by atoms with Crippen molar-refractivity contribution < 1.29 is 23.0 Å². The van der Waals surface area contributed by atoms with Crippen LogP contribution in [0.1, 0.15) is 15.9 Å². The minimum absolute atomic E-state index is 0.207. The third-order valence-corrected chi connectivity index (χ3v) is 5.49. The number of esters is 1. The first-order chi connectivity index (χ1) is 13.6. The highest BCUT2D eigenvalue weighted by atomic mass is 35.5. The van der Waals surface area contributed by atoms with Crippen molar-refractivity contribution in [3.8, 4) is 26.9 Å². The van der Waals surface area contributed by atoms with E-state index in [9.17, 15) is 13.6 Å². The highest BCUT2D eigenvalue weighted by Gasteiger charge is 2.22. The number of ether oxygens (including phenoxy) is 2. The third-order valence-electron chi connectivity index (χ3n) is 4.17. The smallest absolute Gasteiger partial charge is 0.338 e. The van der Waals surface area contributed by atoms with E-state index in [2.05, 4.69) is 10.2 Å². The Morgan fingerprint density at radius 1 is 1.11 bits per heavy atom. The van der Waals surface area contributed by atoms with Gasteiger partial charge in [0.2, 0.25) is 0 Å². The van der Waals surface area contributed by atoms with Gasteiger partial charge in [0, 0.05) is 16.7 Å². The van der Waals surface area contributed by atoms with Gasteiger partial charge in [-0.15, -0.1) is 10.2 Å². The monoisotopic (exact) mass is 422 g/mol. The molecule has 0 bridgehead atoms. The Hall–Kier alpha value is -2.58. The van der Waals surface area contributed by atoms with Crippen LogP contribution < -0.4 is 4.74 Å². The standard InChI is InChI=1S/C19H13ClF2N2O3S/c20-15-6-11(2-4-16(15)27-13(7-21)8-22)18-24-23-17(28-18)10-1-3-14-12(5-10)9-26-19(14)25/h1-6,13H,7-9H2. The largest absolute Gasteiger partial charge is 0.483 e. The molecule has 2 aromatic carbocycles. The fraction of sp³-hybridized carbons (Fsp3) is 0.211. The van der Waals surface area contributed by atoms with E-state index in [1.807, 2.05) is 6.07 Å². The van der Waals surface area contributed by atoms with Crippen molar-refractivity contribution in [3.63, 3.8) is 0 Å². The molecule has 0 amide bonds. The molecule has 1 aromatic heterocycles. The number of benzene rings is 2. The van der Waals surface area contributed by atoms with Gasteiger partial charge in [0.25, 0.3) is 0 Å². The zero-order valence-electron chi connectivity index (χ0n) is 14.3. The number of alkyl halides is 2. The van der Waals surface area contributed by atoms with Crippen LogP contribution in [-0.4, -0.2) is 35.6 Å². The number of carbonyl (C=O) groups excluding carboxylic acids is 1. The Balaban J connectivity index is 1.58. The molecular weight excluding hydrogens is 410 g/mol. The Bertz CT molecular complexity index is 1040. The molecule has 0 unspecified atom stereocenters. The number of halogens is 3. The molecule has 0 N–H and O–H groups in total. The second-order valence-electron chi connectivity index (χ2n) is 6.05. The van der Waals surface area contributed by atoms with E-state index >= 15 is 0 Å². The topological polar surface area (TPSA) is 61.3 Å². The lowest BCUT2D eigenvalue weighted by Gasteiger charge is -2.14. The number of aromatic nitrogens is 2. The molecule has 1 aliphatic rings. The van der Waals surface area contributed by atoms with Gasteiger partial charge in [0.05, 0.1) is 10.6 Å². The summed E-state index contributed by atoms with van der Waals surface area (Å²) in [7, 11) is 0. The molecule has 2 heterocycles. The molecule has 0 radical (unpaired) electrons. The molecule has 4 rings (SSSR count). The molecule has 0 aliphatic carbocycles. The molecule has 28 heavy (non-hydrogen) atoms. The lowest BCUT2D eigenvalue weighted by molar-refractivity contribution is 0.0535. The van der Waals surface area contributed by atoms with Crippen LogP contribution in [0.25, 0.3) is 21.1 Å². The molecule has 0 spiro atoms. The third kappa shape index (κ3) is 3.57. The van der Waals surface area contributed by atoms with E-state index in [-0.39, 0.29) is 23.3 Å². The summed E-state index contributed by atoms with van der Waals surface area (Å²) in [6.07, 6.45) is -1.17. The summed E-state index contributed by atoms with van der Waals surface area (Å²) in [5.41, 5.74) is 2.92. The van der Waals surface area contributed by atoms with Gasteiger partial charge in [0.15, 0.2) is 6.10 Å². The predicted octanol–water partition coefficient (Wildman–Crippen LogP) is 4.88. The molecule has 0 atom stereocenters. The minimum Gasteiger partial charge on any atom is -0.483 e. The summed E-state index contributed by atoms with van der Waals surface area (Å²) in [6.45, 7) is -1.62. The average molecular weight is 423 g/mol. The zero-order chi connectivity index (χ0) is 19.7. The number of rotatable bonds is 6. The first kappa shape index (κ1) is 18.8. The van der Waals surface area contributed by atoms with Gasteiger partial charge in [-0.3, -0.25) is 0 Å². The van der Waals surface area contributed by atoms with Crippen LogP contribution in [0.5, 0.6) is 5.75 Å². The van der Waals surface area contributed by atoms with Crippen molar-refractivity contribution in [1.29, 1.82) is 0 Å². The molecule has 0 saturated carbocycles. The van der Waals surface area contributed by atoms with Gasteiger partial charge < -0.3 is 9.47 Å². The Morgan fingerprint density at radius 3 is 2.46 bits per heavy atom. The average Bonchev–Trinajstić information content (AvgIpc) is 3.34. The Kier molecular flexibility index (Phi) is 5.23. The molecule has 0 saturated heterocycles. The number of carbonyl (C=O) groups is 1. The van der Waals surface area contributed by atoms with Gasteiger partial charge in [0.1, 0.15) is 35.7 Å². The maximum Gasteiger partial charge on any atom is 0.338 e. The van der Waals surface area contributed by atoms with Crippen LogP contribution in [0.2, 0.25) is 5.02 Å². The maximum absolute atomic E-state index is 12.6. The summed E-state index contributed by atoms with van der Waals surface area (Å²) in [5, 5.41) is 9.93. The van der Waals surface area contributed by atoms with Gasteiger partial charge in [-0.05, 0) is 30.3 Å². The van der Waals surface area contributed by atoms with Crippen molar-refractivity contribution in [2.75, 3.05) is 13.3 Å². The van der Waals surface area contributed by atoms with Crippen molar-refractivity contribution in [1.82, 2.24) is 10.2 Å². The zero-order valence-corrected chi connectivity index (χ0v) is 15.9. The number of nitrogens with zero attached hydrogens (tertiary/aromatic N) is 2. The highest BCUT2D eigenvalue weighted by molar-refractivity contribution is 7.17. The van der Waals surface area contributed by atoms with Crippen LogP contribution in [0.3, 0.4) is 0 Å². The van der Waals surface area contributed by atoms with E-state index in [1.54, 1.807) is 30.3 Å². The Labute approximate surface area is 167 Å². The number of cyclic esters (lactones) is 1. The van der Waals surface area contributed by atoms with Crippen molar-refractivity contribution >= 4 is 28.9 Å². The Morgan fingerprint density at radius 2 is 1.79 bits per heavy atom. The van der Waals surface area contributed by atoms with Crippen LogP contribution in [-0.2, 0) is 11.3 Å². The number of fused-ring (bicyclic) bond motifs is 1. The van der Waals surface area contributed by atoms with E-state index in [0.29, 0.717) is 21.1 Å². The van der Waals surface area contributed by atoms with E-state index in [0.717, 1.165) is 11.1 Å². The second kappa shape index (κ2) is 7.81. The second-order valence-corrected chi connectivity index (χ2v) is 7.44. The van der Waals surface area contributed by atoms with Crippen LogP contribution in [0.15, 0.2) is 36.4 Å². The minimum atomic E-state index is -1.17. The van der Waals surface area contributed by atoms with Gasteiger partial charge >= 0.3 is 5.97 Å². The molecule has 3 aromatic rings. The summed E-state index contributed by atoms with van der Waals surface area (Å²) >= 11 is 7.53. The first-order valence-corrected chi connectivity index (χ1v) is 9.51. The molecule has 0 fully saturated rings. The van der Waals surface area contributed by atoms with Crippen LogP contribution in [0, 0.1) is 0 Å². The van der Waals surface area contributed by atoms with Gasteiger partial charge in [-0.25, -0.2) is 13.6 Å². The first-order valence-electron chi connectivity index (χ1n) is 8.31. The highest BCUT2D eigenvalue weighted by Crippen LogP contribution is 2.35. The molecule has 1 aliphatic heterocycles.